The molecule has 1 rings (SSSR count). The highest BCUT2D eigenvalue weighted by Gasteiger charge is 2.19. The number of nitrogen functional groups attached to an aromatic ring is 1. The van der Waals surface area contributed by atoms with Gasteiger partial charge in [-0.15, -0.1) is 0 Å². The zero-order valence-corrected chi connectivity index (χ0v) is 8.29. The van der Waals surface area contributed by atoms with Crippen molar-refractivity contribution in [2.45, 2.75) is 26.2 Å². The first-order valence-electron chi connectivity index (χ1n) is 4.31. The van der Waals surface area contributed by atoms with Crippen molar-refractivity contribution in [3.63, 3.8) is 0 Å². The van der Waals surface area contributed by atoms with Gasteiger partial charge in [0.1, 0.15) is 6.29 Å². The molecule has 13 heavy (non-hydrogen) atoms. The molecule has 0 aromatic heterocycles. The van der Waals surface area contributed by atoms with Crippen LogP contribution in [0.3, 0.4) is 0 Å². The van der Waals surface area contributed by atoms with Crippen LogP contribution in [0.15, 0.2) is 18.2 Å². The van der Waals surface area contributed by atoms with Crippen LogP contribution in [-0.2, 0) is 5.41 Å². The van der Waals surface area contributed by atoms with E-state index in [1.807, 2.05) is 26.8 Å². The molecule has 1 aromatic rings. The van der Waals surface area contributed by atoms with Crippen molar-refractivity contribution in [2.75, 3.05) is 5.73 Å². The minimum absolute atomic E-state index is 0.0818. The van der Waals surface area contributed by atoms with E-state index in [1.165, 1.54) is 0 Å². The Morgan fingerprint density at radius 1 is 1.31 bits per heavy atom. The lowest BCUT2D eigenvalue weighted by Crippen LogP contribution is -2.16. The summed E-state index contributed by atoms with van der Waals surface area (Å²) in [5.74, 6) is 0. The highest BCUT2D eigenvalue weighted by molar-refractivity contribution is 5.81. The van der Waals surface area contributed by atoms with Gasteiger partial charge >= 0.3 is 0 Å². The lowest BCUT2D eigenvalue weighted by molar-refractivity contribution is 0.112. The molecular formula is C11H15NO. The number of hydrogen-bond donors (Lipinski definition) is 1. The molecule has 0 amide bonds. The number of carbonyl (C=O) groups excluding carboxylic acids is 1. The third-order valence-corrected chi connectivity index (χ3v) is 2.01. The lowest BCUT2D eigenvalue weighted by Gasteiger charge is -2.22. The van der Waals surface area contributed by atoms with Crippen LogP contribution in [0.2, 0.25) is 0 Å². The molecule has 0 radical (unpaired) electrons. The summed E-state index contributed by atoms with van der Waals surface area (Å²) in [6, 6.07) is 5.42. The maximum atomic E-state index is 10.8. The van der Waals surface area contributed by atoms with Crippen molar-refractivity contribution >= 4 is 12.0 Å². The van der Waals surface area contributed by atoms with Crippen LogP contribution in [0.25, 0.3) is 0 Å². The van der Waals surface area contributed by atoms with E-state index in [1.54, 1.807) is 12.1 Å². The Kier molecular flexibility index (Phi) is 2.41. The molecule has 2 nitrogen and oxygen atoms in total. The molecule has 0 fully saturated rings. The summed E-state index contributed by atoms with van der Waals surface area (Å²) < 4.78 is 0. The van der Waals surface area contributed by atoms with Gasteiger partial charge in [0.25, 0.3) is 0 Å². The van der Waals surface area contributed by atoms with Crippen molar-refractivity contribution in [1.82, 2.24) is 0 Å². The number of nitrogens with two attached hydrogens (primary N) is 1. The molecule has 0 saturated heterocycles. The van der Waals surface area contributed by atoms with Gasteiger partial charge in [0.05, 0.1) is 0 Å². The van der Waals surface area contributed by atoms with E-state index in [0.717, 1.165) is 11.8 Å². The number of hydrogen-bond acceptors (Lipinski definition) is 2. The first-order valence-corrected chi connectivity index (χ1v) is 4.31. The van der Waals surface area contributed by atoms with E-state index in [-0.39, 0.29) is 5.41 Å². The van der Waals surface area contributed by atoms with Gasteiger partial charge in [0, 0.05) is 11.3 Å². The van der Waals surface area contributed by atoms with Gasteiger partial charge in [-0.3, -0.25) is 4.79 Å². The molecule has 0 atom stereocenters. The van der Waals surface area contributed by atoms with Gasteiger partial charge in [-0.05, 0) is 17.0 Å². The average Bonchev–Trinajstić information content (AvgIpc) is 2.01. The van der Waals surface area contributed by atoms with E-state index in [2.05, 4.69) is 0 Å². The molecule has 0 aliphatic carbocycles. The molecule has 0 aliphatic rings. The van der Waals surface area contributed by atoms with Gasteiger partial charge in [-0.2, -0.15) is 0 Å². The molecule has 1 aromatic carbocycles. The molecule has 70 valence electrons. The SMILES string of the molecule is CC(C)(C)c1c(N)cccc1C=O. The highest BCUT2D eigenvalue weighted by Crippen LogP contribution is 2.29. The summed E-state index contributed by atoms with van der Waals surface area (Å²) >= 11 is 0. The number of anilines is 1. The summed E-state index contributed by atoms with van der Waals surface area (Å²) in [6.45, 7) is 6.14. The average molecular weight is 177 g/mol. The van der Waals surface area contributed by atoms with Crippen molar-refractivity contribution in [2.24, 2.45) is 0 Å². The summed E-state index contributed by atoms with van der Waals surface area (Å²) in [5, 5.41) is 0. The Hall–Kier alpha value is -1.31. The minimum Gasteiger partial charge on any atom is -0.398 e. The second kappa shape index (κ2) is 3.21. The smallest absolute Gasteiger partial charge is 0.150 e. The predicted octanol–water partition coefficient (Wildman–Crippen LogP) is 2.38. The van der Waals surface area contributed by atoms with Crippen LogP contribution in [-0.4, -0.2) is 6.29 Å². The Morgan fingerprint density at radius 2 is 1.92 bits per heavy atom. The Labute approximate surface area is 78.8 Å². The largest absolute Gasteiger partial charge is 0.398 e. The number of benzene rings is 1. The first kappa shape index (κ1) is 9.78. The third kappa shape index (κ3) is 1.89. The molecular weight excluding hydrogens is 162 g/mol. The van der Waals surface area contributed by atoms with Gasteiger partial charge in [0.2, 0.25) is 0 Å². The number of aldehydes is 1. The molecule has 2 heteroatoms. The van der Waals surface area contributed by atoms with Crippen LogP contribution in [0.4, 0.5) is 5.69 Å². The molecule has 0 heterocycles. The first-order chi connectivity index (χ1) is 5.96. The third-order valence-electron chi connectivity index (χ3n) is 2.01. The molecule has 0 unspecified atom stereocenters. The normalized spacial score (nSPS) is 11.3. The van der Waals surface area contributed by atoms with Crippen molar-refractivity contribution in [3.05, 3.63) is 29.3 Å². The second-order valence-electron chi connectivity index (χ2n) is 4.18. The summed E-state index contributed by atoms with van der Waals surface area (Å²) in [7, 11) is 0. The minimum atomic E-state index is -0.0818. The van der Waals surface area contributed by atoms with Gasteiger partial charge in [-0.25, -0.2) is 0 Å². The van der Waals surface area contributed by atoms with E-state index in [4.69, 9.17) is 5.73 Å². The number of rotatable bonds is 1. The predicted molar refractivity (Wildman–Crippen MR) is 54.9 cm³/mol. The highest BCUT2D eigenvalue weighted by atomic mass is 16.1. The molecule has 0 bridgehead atoms. The summed E-state index contributed by atoms with van der Waals surface area (Å²) in [5.41, 5.74) is 8.06. The Morgan fingerprint density at radius 3 is 2.31 bits per heavy atom. The van der Waals surface area contributed by atoms with Crippen LogP contribution < -0.4 is 5.73 Å². The lowest BCUT2D eigenvalue weighted by atomic mass is 9.83. The van der Waals surface area contributed by atoms with Crippen LogP contribution >= 0.6 is 0 Å². The molecule has 0 saturated carbocycles. The Bertz CT molecular complexity index is 323. The molecule has 2 N–H and O–H groups in total. The fourth-order valence-electron chi connectivity index (χ4n) is 1.55. The zero-order valence-electron chi connectivity index (χ0n) is 8.29. The zero-order chi connectivity index (χ0) is 10.1. The standard InChI is InChI=1S/C11H15NO/c1-11(2,3)10-8(7-13)5-4-6-9(10)12/h4-7H,12H2,1-3H3. The number of carbonyl (C=O) groups is 1. The van der Waals surface area contributed by atoms with E-state index < -0.39 is 0 Å². The van der Waals surface area contributed by atoms with Crippen molar-refractivity contribution < 1.29 is 4.79 Å². The van der Waals surface area contributed by atoms with E-state index in [9.17, 15) is 4.79 Å². The van der Waals surface area contributed by atoms with Crippen LogP contribution in [0.1, 0.15) is 36.7 Å². The monoisotopic (exact) mass is 177 g/mol. The van der Waals surface area contributed by atoms with Gasteiger partial charge in [-0.1, -0.05) is 32.9 Å². The molecule has 0 spiro atoms. The van der Waals surface area contributed by atoms with Crippen molar-refractivity contribution in [1.29, 1.82) is 0 Å². The maximum Gasteiger partial charge on any atom is 0.150 e. The quantitative estimate of drug-likeness (QED) is 0.528. The second-order valence-corrected chi connectivity index (χ2v) is 4.18. The fourth-order valence-corrected chi connectivity index (χ4v) is 1.55. The topological polar surface area (TPSA) is 43.1 Å². The van der Waals surface area contributed by atoms with Gasteiger partial charge < -0.3 is 5.73 Å². The van der Waals surface area contributed by atoms with Crippen LogP contribution in [0, 0.1) is 0 Å². The van der Waals surface area contributed by atoms with E-state index >= 15 is 0 Å². The maximum absolute atomic E-state index is 10.8. The fraction of sp³-hybridized carbons (Fsp3) is 0.364. The van der Waals surface area contributed by atoms with Crippen LogP contribution in [0.5, 0.6) is 0 Å². The van der Waals surface area contributed by atoms with Gasteiger partial charge in [0.15, 0.2) is 0 Å². The molecule has 0 aliphatic heterocycles. The Balaban J connectivity index is 3.40. The summed E-state index contributed by atoms with van der Waals surface area (Å²) in [6.07, 6.45) is 0.858. The van der Waals surface area contributed by atoms with Crippen molar-refractivity contribution in [3.8, 4) is 0 Å². The van der Waals surface area contributed by atoms with E-state index in [0.29, 0.717) is 11.3 Å². The summed E-state index contributed by atoms with van der Waals surface area (Å²) in [4.78, 5) is 10.8.